The van der Waals surface area contributed by atoms with Crippen molar-refractivity contribution in [2.24, 2.45) is 5.92 Å². The van der Waals surface area contributed by atoms with Crippen LogP contribution in [0.1, 0.15) is 141 Å². The van der Waals surface area contributed by atoms with Gasteiger partial charge in [0.2, 0.25) is 0 Å². The minimum absolute atomic E-state index is 0.00382. The van der Waals surface area contributed by atoms with E-state index in [-0.39, 0.29) is 24.7 Å². The first-order valence-corrected chi connectivity index (χ1v) is 18.6. The lowest BCUT2D eigenvalue weighted by atomic mass is 9.90. The number of carbonyl (C=O) groups excluding carboxylic acids is 2. The number of nitrogens with one attached hydrogen (secondary N) is 1. The molecule has 0 bridgehead atoms. The number of benzene rings is 2. The average Bonchev–Trinajstić information content (AvgIpc) is 3.08. The van der Waals surface area contributed by atoms with Crippen LogP contribution in [-0.2, 0) is 30.4 Å². The van der Waals surface area contributed by atoms with Gasteiger partial charge in [0.15, 0.2) is 12.4 Å². The Hall–Kier alpha value is -2.78. The molecule has 5 unspecified atom stereocenters. The van der Waals surface area contributed by atoms with Crippen LogP contribution in [0.4, 0.5) is 5.69 Å². The molecular formula is C40H62N2O6. The molecule has 1 amide bonds. The molecule has 0 saturated carbocycles. The fourth-order valence-electron chi connectivity index (χ4n) is 6.42. The number of ether oxygens (including phenoxy) is 3. The molecule has 1 aliphatic rings. The summed E-state index contributed by atoms with van der Waals surface area (Å²) in [4.78, 5) is 26.7. The van der Waals surface area contributed by atoms with Crippen molar-refractivity contribution in [1.29, 1.82) is 0 Å². The molecule has 1 aliphatic heterocycles. The van der Waals surface area contributed by atoms with E-state index < -0.39 is 24.3 Å². The molecule has 2 aromatic rings. The number of hydrogen-bond acceptors (Lipinski definition) is 7. The molecule has 5 atom stereocenters. The molecule has 8 heteroatoms. The lowest BCUT2D eigenvalue weighted by Crippen LogP contribution is -2.45. The normalized spacial score (nSPS) is 20.1. The Balaban J connectivity index is 1.80. The molecule has 1 heterocycles. The number of rotatable bonds is 22. The number of aliphatic hydroxyl groups is 1. The standard InChI is InChI=1S/C40H62N2O6/c1-6-8-10-12-14-16-25-42(26-17-15-13-11-9-7-2)28-37-30(3)38(34-23-21-33(29-43)22-24-34)48-40(47-37)35-19-18-20-36(27-35)41-39(45)31(4)46-32(5)44/h18-24,27,30-31,37-38,40,43H,6-17,25-26,28-29H2,1-5H3,(H,41,45). The van der Waals surface area contributed by atoms with Gasteiger partial charge in [0.05, 0.1) is 18.8 Å². The maximum absolute atomic E-state index is 12.7. The second kappa shape index (κ2) is 22.0. The summed E-state index contributed by atoms with van der Waals surface area (Å²) < 4.78 is 18.6. The predicted octanol–water partition coefficient (Wildman–Crippen LogP) is 8.88. The van der Waals surface area contributed by atoms with Crippen LogP contribution in [0, 0.1) is 5.92 Å². The monoisotopic (exact) mass is 666 g/mol. The molecule has 1 saturated heterocycles. The Bertz CT molecular complexity index is 1190. The van der Waals surface area contributed by atoms with E-state index in [1.165, 1.54) is 84.0 Å². The van der Waals surface area contributed by atoms with E-state index in [1.807, 2.05) is 42.5 Å². The topological polar surface area (TPSA) is 97.3 Å². The minimum atomic E-state index is -0.908. The van der Waals surface area contributed by atoms with Gasteiger partial charge >= 0.3 is 5.97 Å². The smallest absolute Gasteiger partial charge is 0.303 e. The molecule has 268 valence electrons. The number of amides is 1. The number of nitrogens with zero attached hydrogens (tertiary/aromatic N) is 1. The third-order valence-electron chi connectivity index (χ3n) is 9.36. The first-order valence-electron chi connectivity index (χ1n) is 18.6. The summed E-state index contributed by atoms with van der Waals surface area (Å²) in [6.45, 7) is 12.5. The zero-order valence-electron chi connectivity index (χ0n) is 30.3. The average molecular weight is 667 g/mol. The second-order valence-corrected chi connectivity index (χ2v) is 13.5. The zero-order chi connectivity index (χ0) is 34.7. The maximum Gasteiger partial charge on any atom is 0.303 e. The summed E-state index contributed by atoms with van der Waals surface area (Å²) in [6, 6.07) is 15.5. The molecule has 0 aliphatic carbocycles. The largest absolute Gasteiger partial charge is 0.453 e. The minimum Gasteiger partial charge on any atom is -0.453 e. The van der Waals surface area contributed by atoms with E-state index in [9.17, 15) is 14.7 Å². The van der Waals surface area contributed by atoms with Crippen LogP contribution < -0.4 is 5.32 Å². The van der Waals surface area contributed by atoms with Gasteiger partial charge in [-0.3, -0.25) is 9.59 Å². The highest BCUT2D eigenvalue weighted by Crippen LogP contribution is 2.42. The fraction of sp³-hybridized carbons (Fsp3) is 0.650. The molecule has 48 heavy (non-hydrogen) atoms. The lowest BCUT2D eigenvalue weighted by molar-refractivity contribution is -0.276. The van der Waals surface area contributed by atoms with Crippen LogP contribution >= 0.6 is 0 Å². The van der Waals surface area contributed by atoms with Crippen molar-refractivity contribution in [2.75, 3.05) is 25.0 Å². The van der Waals surface area contributed by atoms with Crippen LogP contribution in [0.5, 0.6) is 0 Å². The van der Waals surface area contributed by atoms with Crippen LogP contribution in [-0.4, -0.2) is 53.7 Å². The highest BCUT2D eigenvalue weighted by atomic mass is 16.7. The van der Waals surface area contributed by atoms with E-state index in [2.05, 4.69) is 31.0 Å². The van der Waals surface area contributed by atoms with E-state index >= 15 is 0 Å². The molecule has 0 spiro atoms. The van der Waals surface area contributed by atoms with Crippen molar-refractivity contribution in [2.45, 2.75) is 143 Å². The Morgan fingerprint density at radius 1 is 0.854 bits per heavy atom. The van der Waals surface area contributed by atoms with Crippen LogP contribution in [0.15, 0.2) is 48.5 Å². The maximum atomic E-state index is 12.7. The van der Waals surface area contributed by atoms with Crippen LogP contribution in [0.2, 0.25) is 0 Å². The fourth-order valence-corrected chi connectivity index (χ4v) is 6.42. The van der Waals surface area contributed by atoms with Crippen molar-refractivity contribution < 1.29 is 28.9 Å². The summed E-state index contributed by atoms with van der Waals surface area (Å²) in [5.41, 5.74) is 3.30. The van der Waals surface area contributed by atoms with E-state index in [0.717, 1.165) is 36.3 Å². The Morgan fingerprint density at radius 3 is 2.04 bits per heavy atom. The van der Waals surface area contributed by atoms with Crippen molar-refractivity contribution in [3.8, 4) is 0 Å². The van der Waals surface area contributed by atoms with E-state index in [4.69, 9.17) is 14.2 Å². The third-order valence-corrected chi connectivity index (χ3v) is 9.36. The van der Waals surface area contributed by atoms with Gasteiger partial charge in [-0.2, -0.15) is 0 Å². The first kappa shape index (κ1) is 39.7. The number of aliphatic hydroxyl groups excluding tert-OH is 1. The first-order chi connectivity index (χ1) is 23.2. The van der Waals surface area contributed by atoms with E-state index in [1.54, 1.807) is 13.0 Å². The van der Waals surface area contributed by atoms with Gasteiger partial charge in [-0.05, 0) is 56.1 Å². The highest BCUT2D eigenvalue weighted by molar-refractivity contribution is 5.95. The summed E-state index contributed by atoms with van der Waals surface area (Å²) in [5, 5.41) is 12.5. The molecular weight excluding hydrogens is 604 g/mol. The lowest BCUT2D eigenvalue weighted by Gasteiger charge is -2.43. The highest BCUT2D eigenvalue weighted by Gasteiger charge is 2.39. The number of esters is 1. The summed E-state index contributed by atoms with van der Waals surface area (Å²) >= 11 is 0. The Kier molecular flexibility index (Phi) is 18.2. The predicted molar refractivity (Wildman–Crippen MR) is 192 cm³/mol. The Morgan fingerprint density at radius 2 is 1.46 bits per heavy atom. The molecule has 0 radical (unpaired) electrons. The van der Waals surface area contributed by atoms with Crippen LogP contribution in [0.3, 0.4) is 0 Å². The second-order valence-electron chi connectivity index (χ2n) is 13.5. The molecule has 2 N–H and O–H groups in total. The SMILES string of the molecule is CCCCCCCCN(CCCCCCCC)CC1OC(c2cccc(NC(=O)C(C)OC(C)=O)c2)OC(c2ccc(CO)cc2)C1C. The number of carbonyl (C=O) groups is 2. The third kappa shape index (κ3) is 13.6. The molecule has 3 rings (SSSR count). The van der Waals surface area contributed by atoms with Gasteiger partial charge in [0, 0.05) is 30.6 Å². The molecule has 1 fully saturated rings. The van der Waals surface area contributed by atoms with E-state index in [0.29, 0.717) is 5.69 Å². The van der Waals surface area contributed by atoms with Crippen LogP contribution in [0.25, 0.3) is 0 Å². The number of unbranched alkanes of at least 4 members (excludes halogenated alkanes) is 10. The molecule has 0 aromatic heterocycles. The Labute approximate surface area is 289 Å². The quantitative estimate of drug-likeness (QED) is 0.0957. The van der Waals surface area contributed by atoms with Crippen molar-refractivity contribution in [3.05, 3.63) is 65.2 Å². The summed E-state index contributed by atoms with van der Waals surface area (Å²) in [5.74, 6) is -0.817. The van der Waals surface area contributed by atoms with Gasteiger partial charge in [-0.1, -0.05) is 121 Å². The van der Waals surface area contributed by atoms with Gasteiger partial charge in [-0.15, -0.1) is 0 Å². The molecule has 2 aromatic carbocycles. The van der Waals surface area contributed by atoms with Crippen molar-refractivity contribution in [3.63, 3.8) is 0 Å². The summed E-state index contributed by atoms with van der Waals surface area (Å²) in [7, 11) is 0. The van der Waals surface area contributed by atoms with Gasteiger partial charge < -0.3 is 29.5 Å². The zero-order valence-corrected chi connectivity index (χ0v) is 30.3. The molecule has 8 nitrogen and oxygen atoms in total. The van der Waals surface area contributed by atoms with Gasteiger partial charge in [0.25, 0.3) is 5.91 Å². The van der Waals surface area contributed by atoms with Gasteiger partial charge in [0.1, 0.15) is 0 Å². The van der Waals surface area contributed by atoms with Gasteiger partial charge in [-0.25, -0.2) is 0 Å². The van der Waals surface area contributed by atoms with Crippen molar-refractivity contribution in [1.82, 2.24) is 4.90 Å². The van der Waals surface area contributed by atoms with Crippen molar-refractivity contribution >= 4 is 17.6 Å². The summed E-state index contributed by atoms with van der Waals surface area (Å²) in [6.07, 6.45) is 13.4. The number of hydrogen-bond donors (Lipinski definition) is 2. The number of anilines is 1.